The molecule has 3 heteroatoms. The lowest BCUT2D eigenvalue weighted by atomic mass is 9.83. The summed E-state index contributed by atoms with van der Waals surface area (Å²) >= 11 is 0. The third kappa shape index (κ3) is 2.61. The smallest absolute Gasteiger partial charge is 0.266 e. The summed E-state index contributed by atoms with van der Waals surface area (Å²) in [4.78, 5) is 24.6. The van der Waals surface area contributed by atoms with Crippen molar-refractivity contribution in [2.75, 3.05) is 0 Å². The van der Waals surface area contributed by atoms with Gasteiger partial charge in [0.15, 0.2) is 0 Å². The predicted octanol–water partition coefficient (Wildman–Crippen LogP) is 2.46. The lowest BCUT2D eigenvalue weighted by molar-refractivity contribution is 0.100. The molecule has 0 atom stereocenters. The second-order valence-corrected chi connectivity index (χ2v) is 4.30. The zero-order valence-corrected chi connectivity index (χ0v) is 9.07. The minimum Gasteiger partial charge on any atom is -0.266 e. The van der Waals surface area contributed by atoms with E-state index in [0.717, 1.165) is 5.56 Å². The van der Waals surface area contributed by atoms with Gasteiger partial charge in [-0.1, -0.05) is 39.0 Å². The Morgan fingerprint density at radius 2 is 1.87 bits per heavy atom. The molecule has 1 amide bonds. The molecule has 1 aromatic carbocycles. The molecule has 0 heterocycles. The van der Waals surface area contributed by atoms with Gasteiger partial charge in [0.1, 0.15) is 0 Å². The molecule has 1 rings (SSSR count). The number of isocyanates is 1. The maximum Gasteiger partial charge on any atom is 0.288 e. The standard InChI is InChI=1S/C12H13NO2/c1-12(2,3)10-7-5-4-6-9(10)11(15)13-8-14/h4-7H,1-3H3. The van der Waals surface area contributed by atoms with E-state index in [2.05, 4.69) is 4.99 Å². The zero-order chi connectivity index (χ0) is 11.5. The van der Waals surface area contributed by atoms with Crippen molar-refractivity contribution in [3.05, 3.63) is 35.4 Å². The number of carbonyl (C=O) groups excluding carboxylic acids is 2. The maximum atomic E-state index is 11.5. The fourth-order valence-electron chi connectivity index (χ4n) is 1.43. The molecule has 0 radical (unpaired) electrons. The summed E-state index contributed by atoms with van der Waals surface area (Å²) in [5.41, 5.74) is 1.20. The Bertz CT molecular complexity index is 423. The first-order valence-corrected chi connectivity index (χ1v) is 4.68. The second kappa shape index (κ2) is 4.20. The molecule has 0 aliphatic rings. The number of hydrogen-bond acceptors (Lipinski definition) is 2. The van der Waals surface area contributed by atoms with Crippen molar-refractivity contribution >= 4 is 12.0 Å². The van der Waals surface area contributed by atoms with Crippen molar-refractivity contribution < 1.29 is 9.59 Å². The summed E-state index contributed by atoms with van der Waals surface area (Å²) in [7, 11) is 0. The molecule has 0 unspecified atom stereocenters. The average Bonchev–Trinajstić information content (AvgIpc) is 2.17. The van der Waals surface area contributed by atoms with Gasteiger partial charge in [-0.15, -0.1) is 4.99 Å². The molecule has 0 saturated heterocycles. The van der Waals surface area contributed by atoms with Gasteiger partial charge in [-0.25, -0.2) is 4.79 Å². The number of rotatable bonds is 1. The molecule has 0 N–H and O–H groups in total. The first-order chi connectivity index (χ1) is 6.96. The Morgan fingerprint density at radius 3 is 2.40 bits per heavy atom. The van der Waals surface area contributed by atoms with Crippen molar-refractivity contribution in [3.63, 3.8) is 0 Å². The van der Waals surface area contributed by atoms with Gasteiger partial charge < -0.3 is 0 Å². The van der Waals surface area contributed by atoms with Gasteiger partial charge in [0.05, 0.1) is 0 Å². The first kappa shape index (κ1) is 11.3. The summed E-state index contributed by atoms with van der Waals surface area (Å²) in [5.74, 6) is -0.532. The summed E-state index contributed by atoms with van der Waals surface area (Å²) in [6, 6.07) is 7.15. The van der Waals surface area contributed by atoms with E-state index >= 15 is 0 Å². The van der Waals surface area contributed by atoms with Crippen LogP contribution in [0.1, 0.15) is 36.7 Å². The number of nitrogens with zero attached hydrogens (tertiary/aromatic N) is 1. The minimum absolute atomic E-state index is 0.148. The molecule has 0 saturated carbocycles. The van der Waals surface area contributed by atoms with Crippen molar-refractivity contribution in [3.8, 4) is 0 Å². The largest absolute Gasteiger partial charge is 0.288 e. The van der Waals surface area contributed by atoms with E-state index in [1.54, 1.807) is 12.1 Å². The molecular weight excluding hydrogens is 190 g/mol. The Hall–Kier alpha value is -1.73. The van der Waals surface area contributed by atoms with Crippen LogP contribution in [-0.4, -0.2) is 12.0 Å². The highest BCUT2D eigenvalue weighted by atomic mass is 16.2. The van der Waals surface area contributed by atoms with Crippen LogP contribution < -0.4 is 0 Å². The van der Waals surface area contributed by atoms with Crippen molar-refractivity contribution in [1.82, 2.24) is 0 Å². The van der Waals surface area contributed by atoms with E-state index in [1.165, 1.54) is 6.08 Å². The molecule has 0 bridgehead atoms. The van der Waals surface area contributed by atoms with Gasteiger partial charge in [0, 0.05) is 5.56 Å². The highest BCUT2D eigenvalue weighted by molar-refractivity contribution is 5.99. The van der Waals surface area contributed by atoms with Crippen LogP contribution in [0.2, 0.25) is 0 Å². The summed E-state index contributed by atoms with van der Waals surface area (Å²) in [5, 5.41) is 0. The van der Waals surface area contributed by atoms with Crippen molar-refractivity contribution in [2.45, 2.75) is 26.2 Å². The molecule has 78 valence electrons. The third-order valence-corrected chi connectivity index (χ3v) is 2.11. The number of hydrogen-bond donors (Lipinski definition) is 0. The Morgan fingerprint density at radius 1 is 1.27 bits per heavy atom. The van der Waals surface area contributed by atoms with Crippen LogP contribution in [0.15, 0.2) is 29.3 Å². The minimum atomic E-state index is -0.532. The van der Waals surface area contributed by atoms with Crippen molar-refractivity contribution in [2.24, 2.45) is 4.99 Å². The van der Waals surface area contributed by atoms with Crippen LogP contribution in [0.5, 0.6) is 0 Å². The number of amides is 1. The highest BCUT2D eigenvalue weighted by Crippen LogP contribution is 2.25. The number of benzene rings is 1. The molecule has 0 fully saturated rings. The van der Waals surface area contributed by atoms with E-state index in [0.29, 0.717) is 5.56 Å². The molecule has 0 aliphatic heterocycles. The van der Waals surface area contributed by atoms with Crippen LogP contribution >= 0.6 is 0 Å². The van der Waals surface area contributed by atoms with Gasteiger partial charge in [0.2, 0.25) is 6.08 Å². The predicted molar refractivity (Wildman–Crippen MR) is 57.6 cm³/mol. The molecule has 3 nitrogen and oxygen atoms in total. The van der Waals surface area contributed by atoms with E-state index in [1.807, 2.05) is 32.9 Å². The lowest BCUT2D eigenvalue weighted by Crippen LogP contribution is -2.16. The number of aliphatic imine (C=N–C) groups is 1. The maximum absolute atomic E-state index is 11.5. The lowest BCUT2D eigenvalue weighted by Gasteiger charge is -2.21. The molecular formula is C12H13NO2. The monoisotopic (exact) mass is 203 g/mol. The SMILES string of the molecule is CC(C)(C)c1ccccc1C(=O)N=C=O. The highest BCUT2D eigenvalue weighted by Gasteiger charge is 2.20. The van der Waals surface area contributed by atoms with Gasteiger partial charge in [-0.3, -0.25) is 4.79 Å². The average molecular weight is 203 g/mol. The first-order valence-electron chi connectivity index (χ1n) is 4.68. The van der Waals surface area contributed by atoms with Crippen LogP contribution in [0.25, 0.3) is 0 Å². The summed E-state index contributed by atoms with van der Waals surface area (Å²) < 4.78 is 0. The molecule has 15 heavy (non-hydrogen) atoms. The Labute approximate surface area is 88.8 Å². The topological polar surface area (TPSA) is 46.5 Å². The van der Waals surface area contributed by atoms with Crippen LogP contribution in [0.4, 0.5) is 0 Å². The number of carbonyl (C=O) groups is 1. The normalized spacial score (nSPS) is 10.6. The quantitative estimate of drug-likeness (QED) is 0.520. The third-order valence-electron chi connectivity index (χ3n) is 2.11. The second-order valence-electron chi connectivity index (χ2n) is 4.30. The van der Waals surface area contributed by atoms with Crippen LogP contribution in [-0.2, 0) is 10.2 Å². The van der Waals surface area contributed by atoms with Crippen LogP contribution in [0.3, 0.4) is 0 Å². The van der Waals surface area contributed by atoms with E-state index in [-0.39, 0.29) is 5.41 Å². The van der Waals surface area contributed by atoms with Gasteiger partial charge in [-0.05, 0) is 17.0 Å². The molecule has 1 aromatic rings. The van der Waals surface area contributed by atoms with Gasteiger partial charge in [-0.2, -0.15) is 0 Å². The zero-order valence-electron chi connectivity index (χ0n) is 9.07. The summed E-state index contributed by atoms with van der Waals surface area (Å²) in [6.45, 7) is 6.01. The Kier molecular flexibility index (Phi) is 3.17. The van der Waals surface area contributed by atoms with E-state index in [4.69, 9.17) is 0 Å². The fraction of sp³-hybridized carbons (Fsp3) is 0.333. The Balaban J connectivity index is 3.30. The van der Waals surface area contributed by atoms with Crippen molar-refractivity contribution in [1.29, 1.82) is 0 Å². The van der Waals surface area contributed by atoms with Crippen LogP contribution in [0, 0.1) is 0 Å². The molecule has 0 spiro atoms. The van der Waals surface area contributed by atoms with Gasteiger partial charge >= 0.3 is 0 Å². The summed E-state index contributed by atoms with van der Waals surface area (Å²) in [6.07, 6.45) is 1.27. The molecule has 0 aromatic heterocycles. The van der Waals surface area contributed by atoms with E-state index in [9.17, 15) is 9.59 Å². The van der Waals surface area contributed by atoms with E-state index < -0.39 is 5.91 Å². The van der Waals surface area contributed by atoms with Gasteiger partial charge in [0.25, 0.3) is 5.91 Å². The fourth-order valence-corrected chi connectivity index (χ4v) is 1.43. The molecule has 0 aliphatic carbocycles.